The van der Waals surface area contributed by atoms with E-state index in [1.807, 2.05) is 0 Å². The van der Waals surface area contributed by atoms with Gasteiger partial charge in [0.2, 0.25) is 0 Å². The summed E-state index contributed by atoms with van der Waals surface area (Å²) >= 11 is 17.9. The number of carbonyl (C=O) groups is 1. The third-order valence-corrected chi connectivity index (χ3v) is 5.20. The number of morpholine rings is 1. The molecule has 1 unspecified atom stereocenters. The van der Waals surface area contributed by atoms with Gasteiger partial charge in [-0.05, 0) is 12.0 Å². The third-order valence-electron chi connectivity index (χ3n) is 4.13. The maximum Gasteiger partial charge on any atom is 0.256 e. The monoisotopic (exact) mass is 394 g/mol. The lowest BCUT2D eigenvalue weighted by molar-refractivity contribution is 0.00672. The number of aromatic hydroxyl groups is 1. The second-order valence-corrected chi connectivity index (χ2v) is 7.24. The predicted octanol–water partition coefficient (Wildman–Crippen LogP) is 3.44. The van der Waals surface area contributed by atoms with Crippen LogP contribution in [0.4, 0.5) is 0 Å². The lowest BCUT2D eigenvalue weighted by Gasteiger charge is -2.37. The SMILES string of the molecule is CC(C)C(CNC(=O)c1c(O)c(Cl)cc(Cl)c1Cl)N1CCOCC1. The highest BCUT2D eigenvalue weighted by atomic mass is 35.5. The summed E-state index contributed by atoms with van der Waals surface area (Å²) in [6.45, 7) is 7.67. The summed E-state index contributed by atoms with van der Waals surface area (Å²) in [5.74, 6) is -0.521. The van der Waals surface area contributed by atoms with Gasteiger partial charge in [0.15, 0.2) is 0 Å². The Hall–Kier alpha value is -0.720. The Labute approximate surface area is 156 Å². The van der Waals surface area contributed by atoms with Gasteiger partial charge in [-0.2, -0.15) is 0 Å². The van der Waals surface area contributed by atoms with Crippen LogP contribution < -0.4 is 5.32 Å². The summed E-state index contributed by atoms with van der Waals surface area (Å²) in [5.41, 5.74) is -0.0985. The molecule has 1 saturated heterocycles. The fraction of sp³-hybridized carbons (Fsp3) is 0.562. The molecule has 1 aromatic carbocycles. The maximum absolute atomic E-state index is 12.5. The molecule has 1 aliphatic rings. The van der Waals surface area contributed by atoms with Crippen LogP contribution in [0.1, 0.15) is 24.2 Å². The Kier molecular flexibility index (Phi) is 7.01. The average Bonchev–Trinajstić information content (AvgIpc) is 2.54. The minimum absolute atomic E-state index is 0.0106. The number of phenolic OH excluding ortho intramolecular Hbond substituents is 1. The van der Waals surface area contributed by atoms with Gasteiger partial charge in [-0.1, -0.05) is 48.7 Å². The van der Waals surface area contributed by atoms with Crippen LogP contribution in [-0.2, 0) is 4.74 Å². The standard InChI is InChI=1S/C16H21Cl3N2O3/c1-9(2)12(21-3-5-24-6-4-21)8-20-16(23)13-14(19)10(17)7-11(18)15(13)22/h7,9,12,22H,3-6,8H2,1-2H3,(H,20,23). The number of hydrogen-bond acceptors (Lipinski definition) is 4. The van der Waals surface area contributed by atoms with E-state index in [1.165, 1.54) is 6.07 Å². The van der Waals surface area contributed by atoms with Gasteiger partial charge in [0.05, 0.1) is 28.3 Å². The molecular weight excluding hydrogens is 375 g/mol. The molecule has 1 aliphatic heterocycles. The van der Waals surface area contributed by atoms with Crippen LogP contribution in [0.25, 0.3) is 0 Å². The van der Waals surface area contributed by atoms with Crippen molar-refractivity contribution < 1.29 is 14.6 Å². The first kappa shape index (κ1) is 19.6. The number of rotatable bonds is 5. The highest BCUT2D eigenvalue weighted by molar-refractivity contribution is 6.45. The quantitative estimate of drug-likeness (QED) is 0.750. The van der Waals surface area contributed by atoms with E-state index in [0.29, 0.717) is 25.7 Å². The van der Waals surface area contributed by atoms with Crippen LogP contribution >= 0.6 is 34.8 Å². The van der Waals surface area contributed by atoms with E-state index in [0.717, 1.165) is 13.1 Å². The maximum atomic E-state index is 12.5. The number of benzene rings is 1. The van der Waals surface area contributed by atoms with Gasteiger partial charge in [-0.15, -0.1) is 0 Å². The minimum Gasteiger partial charge on any atom is -0.505 e. The topological polar surface area (TPSA) is 61.8 Å². The van der Waals surface area contributed by atoms with Crippen molar-refractivity contribution in [2.75, 3.05) is 32.8 Å². The zero-order valence-corrected chi connectivity index (χ0v) is 15.9. The number of carbonyl (C=O) groups excluding carboxylic acids is 1. The van der Waals surface area contributed by atoms with Gasteiger partial charge in [0.1, 0.15) is 11.3 Å². The first-order valence-electron chi connectivity index (χ1n) is 7.79. The summed E-state index contributed by atoms with van der Waals surface area (Å²) in [6.07, 6.45) is 0. The minimum atomic E-state index is -0.499. The first-order valence-corrected chi connectivity index (χ1v) is 8.92. The number of ether oxygens (including phenoxy) is 1. The second-order valence-electron chi connectivity index (χ2n) is 6.05. The molecule has 24 heavy (non-hydrogen) atoms. The molecule has 0 spiro atoms. The van der Waals surface area contributed by atoms with E-state index in [2.05, 4.69) is 24.1 Å². The van der Waals surface area contributed by atoms with Gasteiger partial charge >= 0.3 is 0 Å². The van der Waals surface area contributed by atoms with E-state index < -0.39 is 5.91 Å². The van der Waals surface area contributed by atoms with E-state index in [-0.39, 0.29) is 32.4 Å². The van der Waals surface area contributed by atoms with Crippen molar-refractivity contribution in [3.05, 3.63) is 26.7 Å². The molecule has 0 saturated carbocycles. The summed E-state index contributed by atoms with van der Waals surface area (Å²) in [4.78, 5) is 14.8. The van der Waals surface area contributed by atoms with E-state index >= 15 is 0 Å². The molecule has 5 nitrogen and oxygen atoms in total. The molecule has 2 N–H and O–H groups in total. The number of nitrogens with one attached hydrogen (secondary N) is 1. The summed E-state index contributed by atoms with van der Waals surface area (Å²) in [5, 5.41) is 13.0. The molecule has 1 heterocycles. The summed E-state index contributed by atoms with van der Waals surface area (Å²) in [6, 6.07) is 1.47. The van der Waals surface area contributed by atoms with Gasteiger partial charge in [-0.3, -0.25) is 9.69 Å². The Balaban J connectivity index is 2.11. The van der Waals surface area contributed by atoms with E-state index in [1.54, 1.807) is 0 Å². The van der Waals surface area contributed by atoms with E-state index in [9.17, 15) is 9.90 Å². The van der Waals surface area contributed by atoms with Crippen molar-refractivity contribution in [1.82, 2.24) is 10.2 Å². The Morgan fingerprint density at radius 1 is 1.29 bits per heavy atom. The fourth-order valence-corrected chi connectivity index (χ4v) is 3.47. The Bertz CT molecular complexity index is 578. The zero-order valence-electron chi connectivity index (χ0n) is 13.6. The van der Waals surface area contributed by atoms with Crippen molar-refractivity contribution in [3.8, 4) is 5.75 Å². The highest BCUT2D eigenvalue weighted by Crippen LogP contribution is 2.38. The predicted molar refractivity (Wildman–Crippen MR) is 96.5 cm³/mol. The van der Waals surface area contributed by atoms with Crippen LogP contribution in [0, 0.1) is 5.92 Å². The third kappa shape index (κ3) is 4.46. The molecule has 134 valence electrons. The Morgan fingerprint density at radius 2 is 1.92 bits per heavy atom. The van der Waals surface area contributed by atoms with E-state index in [4.69, 9.17) is 39.5 Å². The molecule has 1 aromatic rings. The lowest BCUT2D eigenvalue weighted by Crippen LogP contribution is -2.51. The number of nitrogens with zero attached hydrogens (tertiary/aromatic N) is 1. The van der Waals surface area contributed by atoms with Crippen LogP contribution in [0.5, 0.6) is 5.75 Å². The molecule has 2 rings (SSSR count). The Morgan fingerprint density at radius 3 is 2.50 bits per heavy atom. The van der Waals surface area contributed by atoms with Crippen molar-refractivity contribution in [2.24, 2.45) is 5.92 Å². The smallest absolute Gasteiger partial charge is 0.256 e. The van der Waals surface area contributed by atoms with Crippen LogP contribution in [0.2, 0.25) is 15.1 Å². The van der Waals surface area contributed by atoms with Gasteiger partial charge in [0, 0.05) is 25.7 Å². The number of halogens is 3. The molecule has 0 aromatic heterocycles. The first-order chi connectivity index (χ1) is 11.3. The normalized spacial score (nSPS) is 17.1. The average molecular weight is 396 g/mol. The zero-order chi connectivity index (χ0) is 17.9. The molecule has 1 amide bonds. The highest BCUT2D eigenvalue weighted by Gasteiger charge is 2.26. The molecular formula is C16H21Cl3N2O3. The molecule has 8 heteroatoms. The second kappa shape index (κ2) is 8.59. The molecule has 0 bridgehead atoms. The summed E-state index contributed by atoms with van der Waals surface area (Å²) < 4.78 is 5.37. The lowest BCUT2D eigenvalue weighted by atomic mass is 10.0. The molecule has 0 radical (unpaired) electrons. The number of phenols is 1. The van der Waals surface area contributed by atoms with Gasteiger partial charge < -0.3 is 15.2 Å². The van der Waals surface area contributed by atoms with Crippen LogP contribution in [-0.4, -0.2) is 54.8 Å². The van der Waals surface area contributed by atoms with Crippen LogP contribution in [0.15, 0.2) is 6.07 Å². The molecule has 0 aliphatic carbocycles. The molecule has 1 atom stereocenters. The van der Waals surface area contributed by atoms with Gasteiger partial charge in [0.25, 0.3) is 5.91 Å². The fourth-order valence-electron chi connectivity index (χ4n) is 2.77. The number of hydrogen-bond donors (Lipinski definition) is 2. The number of amides is 1. The summed E-state index contributed by atoms with van der Waals surface area (Å²) in [7, 11) is 0. The van der Waals surface area contributed by atoms with Crippen molar-refractivity contribution in [2.45, 2.75) is 19.9 Å². The molecule has 1 fully saturated rings. The van der Waals surface area contributed by atoms with Crippen molar-refractivity contribution in [1.29, 1.82) is 0 Å². The largest absolute Gasteiger partial charge is 0.505 e. The van der Waals surface area contributed by atoms with Crippen LogP contribution in [0.3, 0.4) is 0 Å². The van der Waals surface area contributed by atoms with Gasteiger partial charge in [-0.25, -0.2) is 0 Å². The van der Waals surface area contributed by atoms with Crippen molar-refractivity contribution in [3.63, 3.8) is 0 Å². The van der Waals surface area contributed by atoms with Crippen molar-refractivity contribution >= 4 is 40.7 Å².